The van der Waals surface area contributed by atoms with Crippen molar-refractivity contribution in [3.63, 3.8) is 0 Å². The summed E-state index contributed by atoms with van der Waals surface area (Å²) in [6.07, 6.45) is 5.62. The van der Waals surface area contributed by atoms with Gasteiger partial charge >= 0.3 is 0 Å². The highest BCUT2D eigenvalue weighted by atomic mass is 16.5. The Kier molecular flexibility index (Phi) is 3.47. The monoisotopic (exact) mass is 231 g/mol. The van der Waals surface area contributed by atoms with E-state index in [4.69, 9.17) is 10.5 Å². The maximum Gasteiger partial charge on any atom is 0.158 e. The second kappa shape index (κ2) is 5.04. The highest BCUT2D eigenvalue weighted by molar-refractivity contribution is 6.00. The summed E-state index contributed by atoms with van der Waals surface area (Å²) in [7, 11) is 1.59. The first-order valence-electron chi connectivity index (χ1n) is 5.88. The maximum absolute atomic E-state index is 11.7. The minimum absolute atomic E-state index is 0.270. The molecule has 0 aliphatic heterocycles. The Morgan fingerprint density at radius 3 is 2.76 bits per heavy atom. The van der Waals surface area contributed by atoms with Crippen LogP contribution in [-0.4, -0.2) is 12.9 Å². The minimum atomic E-state index is 0.270. The van der Waals surface area contributed by atoms with Gasteiger partial charge in [0.05, 0.1) is 12.8 Å². The second-order valence-electron chi connectivity index (χ2n) is 4.30. The highest BCUT2D eigenvalue weighted by Gasteiger charge is 2.14. The summed E-state index contributed by atoms with van der Waals surface area (Å²) in [5.41, 5.74) is 8.26. The van der Waals surface area contributed by atoms with Crippen molar-refractivity contribution >= 4 is 17.5 Å². The van der Waals surface area contributed by atoms with Crippen molar-refractivity contribution < 1.29 is 9.53 Å². The van der Waals surface area contributed by atoms with Crippen LogP contribution in [0.5, 0.6) is 5.75 Å². The Hall–Kier alpha value is -1.77. The first kappa shape index (κ1) is 11.7. The van der Waals surface area contributed by atoms with Crippen molar-refractivity contribution in [1.82, 2.24) is 0 Å². The molecule has 1 aliphatic rings. The zero-order valence-corrected chi connectivity index (χ0v) is 10.0. The number of nitrogens with two attached hydrogens (primary N) is 1. The molecular weight excluding hydrogens is 214 g/mol. The van der Waals surface area contributed by atoms with Crippen LogP contribution in [0.25, 0.3) is 6.08 Å². The van der Waals surface area contributed by atoms with Crippen LogP contribution in [0.1, 0.15) is 31.2 Å². The molecule has 0 aromatic heterocycles. The van der Waals surface area contributed by atoms with Gasteiger partial charge in [0.25, 0.3) is 0 Å². The van der Waals surface area contributed by atoms with Crippen molar-refractivity contribution in [3.05, 3.63) is 29.3 Å². The summed E-state index contributed by atoms with van der Waals surface area (Å²) in [5.74, 6) is 0.926. The Morgan fingerprint density at radius 2 is 2.06 bits per heavy atom. The first-order valence-corrected chi connectivity index (χ1v) is 5.88. The number of carbonyl (C=O) groups excluding carboxylic acids is 1. The molecule has 0 saturated heterocycles. The quantitative estimate of drug-likeness (QED) is 0.629. The average Bonchev–Trinajstić information content (AvgIpc) is 2.34. The molecule has 0 unspecified atom stereocenters. The van der Waals surface area contributed by atoms with Crippen molar-refractivity contribution in [2.75, 3.05) is 12.8 Å². The predicted octanol–water partition coefficient (Wildman–Crippen LogP) is 2.80. The number of methoxy groups -OCH3 is 1. The van der Waals surface area contributed by atoms with E-state index < -0.39 is 0 Å². The molecule has 1 fully saturated rings. The van der Waals surface area contributed by atoms with Gasteiger partial charge in [-0.1, -0.05) is 6.07 Å². The molecule has 0 heterocycles. The maximum atomic E-state index is 11.7. The van der Waals surface area contributed by atoms with E-state index in [0.29, 0.717) is 17.9 Å². The molecule has 17 heavy (non-hydrogen) atoms. The Balaban J connectivity index is 2.28. The fourth-order valence-electron chi connectivity index (χ4n) is 2.07. The molecule has 3 heteroatoms. The molecule has 2 rings (SSSR count). The smallest absolute Gasteiger partial charge is 0.158 e. The van der Waals surface area contributed by atoms with Crippen molar-refractivity contribution in [3.8, 4) is 5.75 Å². The molecule has 1 aromatic rings. The Labute approximate surface area is 101 Å². The average molecular weight is 231 g/mol. The number of benzene rings is 1. The van der Waals surface area contributed by atoms with Crippen LogP contribution >= 0.6 is 0 Å². The van der Waals surface area contributed by atoms with Crippen LogP contribution in [-0.2, 0) is 4.79 Å². The molecule has 0 atom stereocenters. The number of hydrogen-bond acceptors (Lipinski definition) is 3. The molecule has 0 amide bonds. The molecule has 1 aliphatic carbocycles. The Morgan fingerprint density at radius 1 is 1.29 bits per heavy atom. The van der Waals surface area contributed by atoms with Gasteiger partial charge < -0.3 is 10.5 Å². The van der Waals surface area contributed by atoms with E-state index in [-0.39, 0.29) is 5.78 Å². The van der Waals surface area contributed by atoms with E-state index in [2.05, 4.69) is 0 Å². The van der Waals surface area contributed by atoms with Gasteiger partial charge in [0.15, 0.2) is 5.78 Å². The number of nitrogen functional groups attached to an aromatic ring is 1. The fourth-order valence-corrected chi connectivity index (χ4v) is 2.07. The van der Waals surface area contributed by atoms with Crippen LogP contribution in [0.2, 0.25) is 0 Å². The van der Waals surface area contributed by atoms with Gasteiger partial charge in [-0.05, 0) is 48.6 Å². The number of carbonyl (C=O) groups is 1. The van der Waals surface area contributed by atoms with Crippen LogP contribution < -0.4 is 10.5 Å². The lowest BCUT2D eigenvalue weighted by molar-refractivity contribution is -0.116. The topological polar surface area (TPSA) is 52.3 Å². The number of hydrogen-bond donors (Lipinski definition) is 1. The number of ether oxygens (including phenoxy) is 1. The molecule has 0 spiro atoms. The summed E-state index contributed by atoms with van der Waals surface area (Å²) in [5, 5.41) is 0. The molecule has 0 bridgehead atoms. The fraction of sp³-hybridized carbons (Fsp3) is 0.357. The third kappa shape index (κ3) is 2.67. The van der Waals surface area contributed by atoms with Gasteiger partial charge in [-0.3, -0.25) is 4.79 Å². The van der Waals surface area contributed by atoms with Gasteiger partial charge in [0.1, 0.15) is 5.75 Å². The van der Waals surface area contributed by atoms with E-state index in [1.807, 2.05) is 18.2 Å². The van der Waals surface area contributed by atoms with Gasteiger partial charge in [0.2, 0.25) is 0 Å². The van der Waals surface area contributed by atoms with Crippen LogP contribution in [0.15, 0.2) is 23.8 Å². The van der Waals surface area contributed by atoms with E-state index in [1.54, 1.807) is 13.2 Å². The lowest BCUT2D eigenvalue weighted by Crippen LogP contribution is -2.08. The Bertz CT molecular complexity index is 463. The van der Waals surface area contributed by atoms with Gasteiger partial charge in [-0.25, -0.2) is 0 Å². The molecular formula is C14H17NO2. The van der Waals surface area contributed by atoms with Crippen LogP contribution in [0.4, 0.5) is 5.69 Å². The van der Waals surface area contributed by atoms with Crippen LogP contribution in [0, 0.1) is 0 Å². The molecule has 1 saturated carbocycles. The number of rotatable bonds is 2. The van der Waals surface area contributed by atoms with Crippen molar-refractivity contribution in [2.24, 2.45) is 0 Å². The summed E-state index contributed by atoms with van der Waals surface area (Å²) in [6.45, 7) is 0. The minimum Gasteiger partial charge on any atom is -0.495 e. The van der Waals surface area contributed by atoms with Gasteiger partial charge in [-0.2, -0.15) is 0 Å². The molecule has 0 radical (unpaired) electrons. The lowest BCUT2D eigenvalue weighted by atomic mass is 9.92. The van der Waals surface area contributed by atoms with Crippen LogP contribution in [0.3, 0.4) is 0 Å². The van der Waals surface area contributed by atoms with Crippen molar-refractivity contribution in [1.29, 1.82) is 0 Å². The summed E-state index contributed by atoms with van der Waals surface area (Å²) in [4.78, 5) is 11.7. The largest absolute Gasteiger partial charge is 0.495 e. The second-order valence-corrected chi connectivity index (χ2v) is 4.30. The van der Waals surface area contributed by atoms with E-state index >= 15 is 0 Å². The number of anilines is 1. The van der Waals surface area contributed by atoms with E-state index in [9.17, 15) is 4.79 Å². The predicted molar refractivity (Wildman–Crippen MR) is 68.9 cm³/mol. The summed E-state index contributed by atoms with van der Waals surface area (Å²) in [6, 6.07) is 5.58. The van der Waals surface area contributed by atoms with Crippen molar-refractivity contribution in [2.45, 2.75) is 25.7 Å². The first-order chi connectivity index (χ1) is 8.20. The number of allylic oxidation sites excluding steroid dienone is 1. The van der Waals surface area contributed by atoms with E-state index in [0.717, 1.165) is 30.4 Å². The summed E-state index contributed by atoms with van der Waals surface area (Å²) >= 11 is 0. The highest BCUT2D eigenvalue weighted by Crippen LogP contribution is 2.26. The zero-order valence-electron chi connectivity index (χ0n) is 10.0. The van der Waals surface area contributed by atoms with Gasteiger partial charge in [0, 0.05) is 6.42 Å². The molecule has 3 nitrogen and oxygen atoms in total. The molecule has 1 aromatic carbocycles. The normalized spacial score (nSPS) is 18.4. The van der Waals surface area contributed by atoms with E-state index in [1.165, 1.54) is 0 Å². The lowest BCUT2D eigenvalue weighted by Gasteiger charge is -2.12. The van der Waals surface area contributed by atoms with Gasteiger partial charge in [-0.15, -0.1) is 0 Å². The number of Topliss-reactive ketones (excluding diaryl/α,β-unsaturated/α-hetero) is 1. The third-order valence-corrected chi connectivity index (χ3v) is 3.06. The third-order valence-electron chi connectivity index (χ3n) is 3.06. The summed E-state index contributed by atoms with van der Waals surface area (Å²) < 4.78 is 5.16. The molecule has 2 N–H and O–H groups in total. The molecule has 90 valence electrons. The SMILES string of the molecule is COc1cc(C=C2CCCCC2=O)ccc1N. The number of ketones is 1. The zero-order chi connectivity index (χ0) is 12.3. The standard InChI is InChI=1S/C14H17NO2/c1-17-14-9-10(6-7-12(14)15)8-11-4-2-3-5-13(11)16/h6-9H,2-5,15H2,1H3.